The maximum absolute atomic E-state index is 12.7. The summed E-state index contributed by atoms with van der Waals surface area (Å²) >= 11 is 13.8. The van der Waals surface area contributed by atoms with Crippen LogP contribution in [0.15, 0.2) is 47.8 Å². The molecule has 1 aromatic heterocycles. The Hall–Kier alpha value is -2.12. The number of nitrogens with one attached hydrogen (secondary N) is 1. The molecule has 156 valence electrons. The van der Waals surface area contributed by atoms with Gasteiger partial charge in [-0.15, -0.1) is 11.3 Å². The highest BCUT2D eigenvalue weighted by atomic mass is 35.5. The third-order valence-electron chi connectivity index (χ3n) is 4.77. The van der Waals surface area contributed by atoms with Crippen molar-refractivity contribution in [3.8, 4) is 0 Å². The number of thiazole rings is 1. The van der Waals surface area contributed by atoms with Crippen LogP contribution in [0.5, 0.6) is 0 Å². The van der Waals surface area contributed by atoms with E-state index in [0.29, 0.717) is 35.4 Å². The summed E-state index contributed by atoms with van der Waals surface area (Å²) in [5.74, 6) is -0.119. The Morgan fingerprint density at radius 3 is 2.73 bits per heavy atom. The van der Waals surface area contributed by atoms with E-state index >= 15 is 0 Å². The van der Waals surface area contributed by atoms with Gasteiger partial charge < -0.3 is 15.0 Å². The Bertz CT molecular complexity index is 1030. The van der Waals surface area contributed by atoms with Crippen molar-refractivity contribution in [2.45, 2.75) is 12.8 Å². The molecular formula is C22H21Cl2N3O2S. The van der Waals surface area contributed by atoms with E-state index in [1.54, 1.807) is 17.4 Å². The van der Waals surface area contributed by atoms with Gasteiger partial charge in [-0.1, -0.05) is 35.3 Å². The Kier molecular flexibility index (Phi) is 6.89. The second-order valence-corrected chi connectivity index (χ2v) is 8.84. The summed E-state index contributed by atoms with van der Waals surface area (Å²) in [6.07, 6.45) is 0.906. The molecular weight excluding hydrogens is 441 g/mol. The summed E-state index contributed by atoms with van der Waals surface area (Å²) in [7, 11) is 0. The van der Waals surface area contributed by atoms with E-state index in [1.165, 1.54) is 0 Å². The first-order chi connectivity index (χ1) is 14.6. The lowest BCUT2D eigenvalue weighted by atomic mass is 10.2. The van der Waals surface area contributed by atoms with Crippen LogP contribution in [0.3, 0.4) is 0 Å². The van der Waals surface area contributed by atoms with Gasteiger partial charge in [0.05, 0.1) is 41.7 Å². The van der Waals surface area contributed by atoms with Crippen molar-refractivity contribution in [2.75, 3.05) is 36.5 Å². The van der Waals surface area contributed by atoms with Crippen LogP contribution in [-0.2, 0) is 22.4 Å². The van der Waals surface area contributed by atoms with E-state index < -0.39 is 0 Å². The van der Waals surface area contributed by atoms with Gasteiger partial charge in [0.25, 0.3) is 0 Å². The summed E-state index contributed by atoms with van der Waals surface area (Å²) in [5, 5.41) is 7.18. The molecule has 0 radical (unpaired) electrons. The summed E-state index contributed by atoms with van der Waals surface area (Å²) in [6, 6.07) is 13.3. The first-order valence-electron chi connectivity index (χ1n) is 9.66. The van der Waals surface area contributed by atoms with E-state index in [1.807, 2.05) is 41.8 Å². The Labute approximate surface area is 189 Å². The molecule has 30 heavy (non-hydrogen) atoms. The average molecular weight is 462 g/mol. The smallest absolute Gasteiger partial charge is 0.230 e. The minimum Gasteiger partial charge on any atom is -0.378 e. The van der Waals surface area contributed by atoms with Crippen molar-refractivity contribution in [1.29, 1.82) is 0 Å². The molecule has 2 aromatic carbocycles. The second-order valence-electron chi connectivity index (χ2n) is 7.03. The fourth-order valence-electron chi connectivity index (χ4n) is 3.38. The van der Waals surface area contributed by atoms with Gasteiger partial charge in [-0.25, -0.2) is 4.98 Å². The number of rotatable bonds is 6. The summed E-state index contributed by atoms with van der Waals surface area (Å²) in [6.45, 7) is 2.90. The van der Waals surface area contributed by atoms with E-state index in [0.717, 1.165) is 35.0 Å². The number of ether oxygens (including phenoxy) is 1. The molecule has 8 heteroatoms. The lowest BCUT2D eigenvalue weighted by Crippen LogP contribution is -2.36. The maximum Gasteiger partial charge on any atom is 0.230 e. The number of halogens is 2. The van der Waals surface area contributed by atoms with Crippen LogP contribution < -0.4 is 10.2 Å². The third kappa shape index (κ3) is 5.52. The molecule has 1 aliphatic heterocycles. The molecule has 1 N–H and O–H groups in total. The van der Waals surface area contributed by atoms with E-state index in [9.17, 15) is 4.79 Å². The number of carbonyl (C=O) groups excluding carboxylic acids is 1. The quantitative estimate of drug-likeness (QED) is 0.557. The number of nitrogens with zero attached hydrogens (tertiary/aromatic N) is 2. The van der Waals surface area contributed by atoms with Crippen LogP contribution >= 0.6 is 34.5 Å². The van der Waals surface area contributed by atoms with Crippen LogP contribution in [-0.4, -0.2) is 37.2 Å². The van der Waals surface area contributed by atoms with Crippen LogP contribution in [0.1, 0.15) is 16.3 Å². The zero-order chi connectivity index (χ0) is 20.9. The molecule has 1 saturated heterocycles. The molecule has 0 unspecified atom stereocenters. The largest absolute Gasteiger partial charge is 0.378 e. The van der Waals surface area contributed by atoms with Crippen molar-refractivity contribution < 1.29 is 9.53 Å². The summed E-state index contributed by atoms with van der Waals surface area (Å²) in [4.78, 5) is 19.5. The highest BCUT2D eigenvalue weighted by molar-refractivity contribution is 7.09. The van der Waals surface area contributed by atoms with Crippen molar-refractivity contribution in [3.05, 3.63) is 74.2 Å². The van der Waals surface area contributed by atoms with E-state index in [-0.39, 0.29) is 12.3 Å². The standard InChI is InChI=1S/C22H21Cl2N3O2S/c23-16-3-1-2-15(10-16)11-22-25-18(14-30-22)13-21(28)26-19-12-17(24)4-5-20(19)27-6-8-29-9-7-27/h1-5,10,12,14H,6-9,11,13H2,(H,26,28). The number of carbonyl (C=O) groups is 1. The predicted octanol–water partition coefficient (Wildman–Crippen LogP) is 5.06. The number of benzene rings is 2. The van der Waals surface area contributed by atoms with Gasteiger partial charge in [0.2, 0.25) is 5.91 Å². The molecule has 4 rings (SSSR count). The van der Waals surface area contributed by atoms with Crippen molar-refractivity contribution in [3.63, 3.8) is 0 Å². The van der Waals surface area contributed by atoms with Gasteiger partial charge in [-0.05, 0) is 35.9 Å². The van der Waals surface area contributed by atoms with E-state index in [4.69, 9.17) is 27.9 Å². The minimum atomic E-state index is -0.119. The molecule has 1 fully saturated rings. The monoisotopic (exact) mass is 461 g/mol. The fourth-order valence-corrected chi connectivity index (χ4v) is 4.59. The molecule has 5 nitrogen and oxygen atoms in total. The summed E-state index contributed by atoms with van der Waals surface area (Å²) < 4.78 is 5.43. The van der Waals surface area contributed by atoms with Gasteiger partial charge in [0.1, 0.15) is 0 Å². The highest BCUT2D eigenvalue weighted by Crippen LogP contribution is 2.30. The summed E-state index contributed by atoms with van der Waals surface area (Å²) in [5.41, 5.74) is 3.52. The van der Waals surface area contributed by atoms with Gasteiger partial charge in [0, 0.05) is 34.9 Å². The molecule has 1 aliphatic rings. The van der Waals surface area contributed by atoms with Gasteiger partial charge in [-0.3, -0.25) is 4.79 Å². The number of hydrogen-bond acceptors (Lipinski definition) is 5. The maximum atomic E-state index is 12.7. The minimum absolute atomic E-state index is 0.119. The predicted molar refractivity (Wildman–Crippen MR) is 123 cm³/mol. The fraction of sp³-hybridized carbons (Fsp3) is 0.273. The molecule has 0 saturated carbocycles. The van der Waals surface area contributed by atoms with Crippen LogP contribution in [0.4, 0.5) is 11.4 Å². The first-order valence-corrected chi connectivity index (χ1v) is 11.3. The third-order valence-corrected chi connectivity index (χ3v) is 6.14. The zero-order valence-electron chi connectivity index (χ0n) is 16.2. The molecule has 0 spiro atoms. The normalized spacial score (nSPS) is 14.0. The lowest BCUT2D eigenvalue weighted by Gasteiger charge is -2.30. The number of amides is 1. The first kappa shape index (κ1) is 21.1. The molecule has 0 aliphatic carbocycles. The van der Waals surface area contributed by atoms with E-state index in [2.05, 4.69) is 15.2 Å². The zero-order valence-corrected chi connectivity index (χ0v) is 18.6. The second kappa shape index (κ2) is 9.79. The molecule has 3 aromatic rings. The number of morpholine rings is 1. The number of aromatic nitrogens is 1. The Balaban J connectivity index is 1.41. The van der Waals surface area contributed by atoms with Gasteiger partial charge in [-0.2, -0.15) is 0 Å². The van der Waals surface area contributed by atoms with Crippen LogP contribution in [0.2, 0.25) is 10.0 Å². The Morgan fingerprint density at radius 2 is 1.93 bits per heavy atom. The highest BCUT2D eigenvalue weighted by Gasteiger charge is 2.17. The van der Waals surface area contributed by atoms with Crippen molar-refractivity contribution >= 4 is 51.8 Å². The molecule has 1 amide bonds. The van der Waals surface area contributed by atoms with Gasteiger partial charge >= 0.3 is 0 Å². The molecule has 2 heterocycles. The number of anilines is 2. The van der Waals surface area contributed by atoms with Crippen molar-refractivity contribution in [2.24, 2.45) is 0 Å². The topological polar surface area (TPSA) is 54.5 Å². The average Bonchev–Trinajstić information content (AvgIpc) is 3.15. The SMILES string of the molecule is O=C(Cc1csc(Cc2cccc(Cl)c2)n1)Nc1cc(Cl)ccc1N1CCOCC1. The molecule has 0 atom stereocenters. The van der Waals surface area contributed by atoms with Crippen LogP contribution in [0, 0.1) is 0 Å². The lowest BCUT2D eigenvalue weighted by molar-refractivity contribution is -0.115. The van der Waals surface area contributed by atoms with Crippen molar-refractivity contribution in [1.82, 2.24) is 4.98 Å². The molecule has 0 bridgehead atoms. The number of hydrogen-bond donors (Lipinski definition) is 1. The van der Waals surface area contributed by atoms with Gasteiger partial charge in [0.15, 0.2) is 0 Å². The van der Waals surface area contributed by atoms with Crippen LogP contribution in [0.25, 0.3) is 0 Å². The Morgan fingerprint density at radius 1 is 1.13 bits per heavy atom.